The first-order valence-electron chi connectivity index (χ1n) is 4.63. The van der Waals surface area contributed by atoms with Crippen LogP contribution in [0.2, 0.25) is 0 Å². The normalized spacial score (nSPS) is 16.6. The summed E-state index contributed by atoms with van der Waals surface area (Å²) in [4.78, 5) is 0. The Kier molecular flexibility index (Phi) is 6.85. The minimum atomic E-state index is -0.104. The molecule has 0 aromatic rings. The Labute approximate surface area is 71.8 Å². The minimum absolute atomic E-state index is 0.104. The van der Waals surface area contributed by atoms with Gasteiger partial charge in [-0.2, -0.15) is 0 Å². The Bertz CT molecular complexity index is 104. The lowest BCUT2D eigenvalue weighted by atomic mass is 10.0. The predicted octanol–water partition coefficient (Wildman–Crippen LogP) is 3.62. The Hall–Kier alpha value is 0.100. The molecule has 0 N–H and O–H groups in total. The van der Waals surface area contributed by atoms with Gasteiger partial charge in [-0.15, -0.1) is 0 Å². The highest BCUT2D eigenvalue weighted by atomic mass is 31.1. The number of hydrogen-bond donors (Lipinski definition) is 0. The Morgan fingerprint density at radius 3 is 2.36 bits per heavy atom. The minimum Gasteiger partial charge on any atom is -0.0771 e. The van der Waals surface area contributed by atoms with Crippen molar-refractivity contribution in [2.45, 2.75) is 52.1 Å². The van der Waals surface area contributed by atoms with Gasteiger partial charge in [-0.25, -0.2) is 0 Å². The zero-order chi connectivity index (χ0) is 8.69. The van der Waals surface area contributed by atoms with Crippen molar-refractivity contribution in [3.05, 3.63) is 0 Å². The molecule has 0 spiro atoms. The molecule has 0 saturated carbocycles. The van der Waals surface area contributed by atoms with Crippen molar-refractivity contribution >= 4 is 8.46 Å². The summed E-state index contributed by atoms with van der Waals surface area (Å²) < 4.78 is 10.8. The molecule has 0 aromatic carbocycles. The van der Waals surface area contributed by atoms with Crippen LogP contribution in [0.15, 0.2) is 0 Å². The van der Waals surface area contributed by atoms with Gasteiger partial charge in [0.1, 0.15) is 0 Å². The van der Waals surface area contributed by atoms with Crippen molar-refractivity contribution in [2.24, 2.45) is 5.92 Å². The molecule has 0 rings (SSSR count). The van der Waals surface area contributed by atoms with E-state index in [1.807, 2.05) is 0 Å². The zero-order valence-corrected chi connectivity index (χ0v) is 8.89. The van der Waals surface area contributed by atoms with Gasteiger partial charge in [0, 0.05) is 5.92 Å². The van der Waals surface area contributed by atoms with Crippen LogP contribution in [0.4, 0.5) is 0 Å². The van der Waals surface area contributed by atoms with Crippen LogP contribution in [0.5, 0.6) is 0 Å². The topological polar surface area (TPSA) is 17.1 Å². The van der Waals surface area contributed by atoms with Gasteiger partial charge >= 0.3 is 8.46 Å². The van der Waals surface area contributed by atoms with E-state index < -0.39 is 0 Å². The van der Waals surface area contributed by atoms with Crippen molar-refractivity contribution in [3.63, 3.8) is 0 Å². The Morgan fingerprint density at radius 1 is 1.36 bits per heavy atom. The lowest BCUT2D eigenvalue weighted by molar-refractivity contribution is 0.478. The molecule has 0 aliphatic carbocycles. The van der Waals surface area contributed by atoms with Gasteiger partial charge < -0.3 is 0 Å². The maximum Gasteiger partial charge on any atom is 0.328 e. The lowest BCUT2D eigenvalue weighted by Crippen LogP contribution is -2.10. The van der Waals surface area contributed by atoms with Gasteiger partial charge in [-0.05, 0) is 19.3 Å². The summed E-state index contributed by atoms with van der Waals surface area (Å²) in [7, 11) is -0.104. The number of rotatable bonds is 6. The van der Waals surface area contributed by atoms with Crippen LogP contribution >= 0.6 is 8.46 Å². The quantitative estimate of drug-likeness (QED) is 0.563. The summed E-state index contributed by atoms with van der Waals surface area (Å²) in [5.41, 5.74) is 0.458. The van der Waals surface area contributed by atoms with Crippen LogP contribution in [0, 0.1) is 5.92 Å². The second kappa shape index (κ2) is 6.79. The van der Waals surface area contributed by atoms with E-state index in [0.717, 1.165) is 12.8 Å². The molecule has 3 atom stereocenters. The first kappa shape index (κ1) is 11.1. The largest absolute Gasteiger partial charge is 0.328 e. The fraction of sp³-hybridized carbons (Fsp3) is 1.00. The molecule has 1 nitrogen and oxygen atoms in total. The maximum atomic E-state index is 10.8. The third-order valence-electron chi connectivity index (χ3n) is 2.35. The standard InChI is InChI=1S/C9H19OP/c1-4-6-7-9(11-10)8(3)5-2/h8-9H,4-7H2,1-3H3/p+1. The molecule has 3 unspecified atom stereocenters. The maximum absolute atomic E-state index is 10.8. The summed E-state index contributed by atoms with van der Waals surface area (Å²) in [5, 5.41) is 0. The molecule has 0 aliphatic heterocycles. The SMILES string of the molecule is CCCCC([PH+]=O)C(C)CC. The molecule has 66 valence electrons. The van der Waals surface area contributed by atoms with E-state index in [-0.39, 0.29) is 8.46 Å². The molecular weight excluding hydrogens is 155 g/mol. The van der Waals surface area contributed by atoms with E-state index in [0.29, 0.717) is 11.6 Å². The van der Waals surface area contributed by atoms with Crippen LogP contribution in [-0.4, -0.2) is 5.66 Å². The second-order valence-electron chi connectivity index (χ2n) is 3.25. The van der Waals surface area contributed by atoms with Crippen LogP contribution in [0.25, 0.3) is 0 Å². The van der Waals surface area contributed by atoms with Crippen LogP contribution in [0.3, 0.4) is 0 Å². The summed E-state index contributed by atoms with van der Waals surface area (Å²) in [6.45, 7) is 6.55. The molecule has 0 fully saturated rings. The van der Waals surface area contributed by atoms with Crippen LogP contribution in [-0.2, 0) is 4.57 Å². The Morgan fingerprint density at radius 2 is 2.00 bits per heavy atom. The zero-order valence-electron chi connectivity index (χ0n) is 7.89. The summed E-state index contributed by atoms with van der Waals surface area (Å²) >= 11 is 0. The van der Waals surface area contributed by atoms with Crippen molar-refractivity contribution < 1.29 is 4.57 Å². The number of unbranched alkanes of at least 4 members (excludes halogenated alkanes) is 1. The first-order chi connectivity index (χ1) is 5.26. The van der Waals surface area contributed by atoms with Crippen LogP contribution in [0.1, 0.15) is 46.5 Å². The highest BCUT2D eigenvalue weighted by Crippen LogP contribution is 2.24. The second-order valence-corrected chi connectivity index (χ2v) is 4.23. The predicted molar refractivity (Wildman–Crippen MR) is 51.8 cm³/mol. The van der Waals surface area contributed by atoms with Crippen LogP contribution < -0.4 is 0 Å². The van der Waals surface area contributed by atoms with Crippen molar-refractivity contribution in [1.82, 2.24) is 0 Å². The van der Waals surface area contributed by atoms with Gasteiger partial charge in [0.05, 0.1) is 0 Å². The molecule has 0 radical (unpaired) electrons. The molecule has 0 bridgehead atoms. The average Bonchev–Trinajstić information content (AvgIpc) is 2.05. The fourth-order valence-corrected chi connectivity index (χ4v) is 1.96. The molecule has 2 heteroatoms. The van der Waals surface area contributed by atoms with E-state index in [2.05, 4.69) is 20.8 Å². The third kappa shape index (κ3) is 4.53. The highest BCUT2D eigenvalue weighted by molar-refractivity contribution is 7.24. The summed E-state index contributed by atoms with van der Waals surface area (Å²) in [6.07, 6.45) is 4.75. The van der Waals surface area contributed by atoms with Gasteiger partial charge in [0.2, 0.25) is 0 Å². The highest BCUT2D eigenvalue weighted by Gasteiger charge is 2.21. The van der Waals surface area contributed by atoms with Gasteiger partial charge in [-0.1, -0.05) is 31.8 Å². The van der Waals surface area contributed by atoms with E-state index in [9.17, 15) is 4.57 Å². The lowest BCUT2D eigenvalue weighted by Gasteiger charge is -2.09. The fourth-order valence-electron chi connectivity index (χ4n) is 1.17. The van der Waals surface area contributed by atoms with Gasteiger partial charge in [-0.3, -0.25) is 0 Å². The number of hydrogen-bond acceptors (Lipinski definition) is 1. The molecule has 0 aromatic heterocycles. The monoisotopic (exact) mass is 175 g/mol. The summed E-state index contributed by atoms with van der Waals surface area (Å²) in [6, 6.07) is 0. The van der Waals surface area contributed by atoms with Gasteiger partial charge in [0.15, 0.2) is 5.66 Å². The van der Waals surface area contributed by atoms with E-state index in [4.69, 9.17) is 0 Å². The molecule has 0 heterocycles. The Balaban J connectivity index is 3.65. The van der Waals surface area contributed by atoms with Crippen molar-refractivity contribution in [2.75, 3.05) is 0 Å². The van der Waals surface area contributed by atoms with Crippen molar-refractivity contribution in [3.8, 4) is 0 Å². The third-order valence-corrected chi connectivity index (χ3v) is 3.51. The van der Waals surface area contributed by atoms with E-state index in [1.165, 1.54) is 12.8 Å². The van der Waals surface area contributed by atoms with Crippen molar-refractivity contribution in [1.29, 1.82) is 0 Å². The molecule has 0 amide bonds. The van der Waals surface area contributed by atoms with E-state index >= 15 is 0 Å². The smallest absolute Gasteiger partial charge is 0.0771 e. The van der Waals surface area contributed by atoms with E-state index in [1.54, 1.807) is 0 Å². The first-order valence-corrected chi connectivity index (χ1v) is 5.62. The summed E-state index contributed by atoms with van der Waals surface area (Å²) in [5.74, 6) is 0.636. The average molecular weight is 175 g/mol. The van der Waals surface area contributed by atoms with Gasteiger partial charge in [0.25, 0.3) is 0 Å². The molecule has 0 saturated heterocycles. The molecular formula is C9H20OP+. The molecule has 0 aliphatic rings. The molecule has 11 heavy (non-hydrogen) atoms.